The maximum atomic E-state index is 14.3. The molecule has 2 fully saturated rings. The Bertz CT molecular complexity index is 1330. The van der Waals surface area contributed by atoms with Gasteiger partial charge in [-0.1, -0.05) is 24.3 Å². The van der Waals surface area contributed by atoms with E-state index in [-0.39, 0.29) is 42.2 Å². The summed E-state index contributed by atoms with van der Waals surface area (Å²) in [4.78, 5) is 30.4. The monoisotopic (exact) mass is 586 g/mol. The summed E-state index contributed by atoms with van der Waals surface area (Å²) in [7, 11) is 2.69. The fourth-order valence-corrected chi connectivity index (χ4v) is 6.58. The second kappa shape index (κ2) is 13.2. The molecule has 1 aliphatic carbocycles. The van der Waals surface area contributed by atoms with E-state index >= 15 is 0 Å². The van der Waals surface area contributed by atoms with Crippen LogP contribution in [-0.2, 0) is 14.3 Å². The number of hydrogen-bond acceptors (Lipinski definition) is 6. The van der Waals surface area contributed by atoms with E-state index in [4.69, 9.17) is 9.47 Å². The summed E-state index contributed by atoms with van der Waals surface area (Å²) < 4.78 is 52.7. The Morgan fingerprint density at radius 3 is 2.43 bits per heavy atom. The fourth-order valence-electron chi connectivity index (χ4n) is 6.58. The van der Waals surface area contributed by atoms with Crippen LogP contribution in [0.4, 0.5) is 18.0 Å². The molecule has 0 unspecified atom stereocenters. The molecule has 8 nitrogen and oxygen atoms in total. The predicted molar refractivity (Wildman–Crippen MR) is 150 cm³/mol. The summed E-state index contributed by atoms with van der Waals surface area (Å²) in [6.45, 7) is 1.56. The largest absolute Gasteiger partial charge is 0.466 e. The van der Waals surface area contributed by atoms with Crippen LogP contribution in [-0.4, -0.2) is 74.5 Å². The van der Waals surface area contributed by atoms with Crippen LogP contribution in [0.3, 0.4) is 0 Å². The van der Waals surface area contributed by atoms with Crippen LogP contribution in [0.1, 0.15) is 55.2 Å². The van der Waals surface area contributed by atoms with Crippen LogP contribution in [0.5, 0.6) is 0 Å². The molecular weight excluding hydrogens is 549 g/mol. The molecule has 226 valence electrons. The van der Waals surface area contributed by atoms with Gasteiger partial charge in [-0.2, -0.15) is 0 Å². The van der Waals surface area contributed by atoms with Gasteiger partial charge in [0, 0.05) is 32.3 Å². The number of urea groups is 1. The molecule has 0 bridgehead atoms. The van der Waals surface area contributed by atoms with Crippen LogP contribution in [0.25, 0.3) is 0 Å². The molecule has 1 saturated carbocycles. The first-order valence-corrected chi connectivity index (χ1v) is 14.3. The van der Waals surface area contributed by atoms with Crippen molar-refractivity contribution in [3.63, 3.8) is 0 Å². The van der Waals surface area contributed by atoms with Gasteiger partial charge in [-0.05, 0) is 67.3 Å². The highest BCUT2D eigenvalue weighted by molar-refractivity contribution is 5.92. The molecule has 11 heteroatoms. The Morgan fingerprint density at radius 2 is 1.74 bits per heavy atom. The highest BCUT2D eigenvalue weighted by atomic mass is 19.2. The average molecular weight is 587 g/mol. The average Bonchev–Trinajstić information content (AvgIpc) is 3.46. The van der Waals surface area contributed by atoms with Gasteiger partial charge >= 0.3 is 12.0 Å². The Hall–Kier alpha value is -3.57. The zero-order valence-electron chi connectivity index (χ0n) is 23.9. The smallest absolute Gasteiger partial charge is 0.338 e. The third-order valence-electron chi connectivity index (χ3n) is 8.69. The van der Waals surface area contributed by atoms with Gasteiger partial charge in [0.05, 0.1) is 37.7 Å². The molecule has 2 atom stereocenters. The lowest BCUT2D eigenvalue weighted by molar-refractivity contribution is -0.137. The first kappa shape index (κ1) is 29.9. The zero-order valence-corrected chi connectivity index (χ0v) is 23.9. The van der Waals surface area contributed by atoms with Gasteiger partial charge in [0.2, 0.25) is 0 Å². The summed E-state index contributed by atoms with van der Waals surface area (Å²) in [5, 5.41) is 6.15. The van der Waals surface area contributed by atoms with Gasteiger partial charge in [0.1, 0.15) is 5.82 Å². The number of nitrogens with zero attached hydrogens (tertiary/aromatic N) is 2. The Morgan fingerprint density at radius 1 is 0.976 bits per heavy atom. The molecule has 2 aliphatic heterocycles. The number of carbonyl (C=O) groups excluding carboxylic acids is 2. The lowest BCUT2D eigenvalue weighted by Crippen LogP contribution is -2.54. The van der Waals surface area contributed by atoms with Crippen LogP contribution in [0.15, 0.2) is 53.7 Å². The minimum atomic E-state index is -1.08. The summed E-state index contributed by atoms with van der Waals surface area (Å²) in [6.07, 6.45) is 4.51. The van der Waals surface area contributed by atoms with E-state index in [9.17, 15) is 22.8 Å². The van der Waals surface area contributed by atoms with Crippen LogP contribution in [0.2, 0.25) is 0 Å². The van der Waals surface area contributed by atoms with Gasteiger partial charge in [-0.25, -0.2) is 22.8 Å². The van der Waals surface area contributed by atoms with Crippen molar-refractivity contribution in [1.82, 2.24) is 20.4 Å². The minimum Gasteiger partial charge on any atom is -0.466 e. The van der Waals surface area contributed by atoms with E-state index in [1.54, 1.807) is 6.07 Å². The van der Waals surface area contributed by atoms with E-state index < -0.39 is 29.7 Å². The molecule has 0 aromatic heterocycles. The quantitative estimate of drug-likeness (QED) is 0.462. The molecule has 2 amide bonds. The van der Waals surface area contributed by atoms with Crippen molar-refractivity contribution >= 4 is 12.0 Å². The summed E-state index contributed by atoms with van der Waals surface area (Å²) in [5.74, 6) is -2.74. The second-order valence-corrected chi connectivity index (χ2v) is 11.2. The number of nitrogens with one attached hydrogen (secondary N) is 2. The van der Waals surface area contributed by atoms with Gasteiger partial charge in [0.15, 0.2) is 11.6 Å². The molecule has 2 N–H and O–H groups in total. The lowest BCUT2D eigenvalue weighted by Gasteiger charge is -2.39. The molecule has 3 aliphatic rings. The number of halogens is 3. The fraction of sp³-hybridized carbons (Fsp3) is 0.484. The van der Waals surface area contributed by atoms with E-state index in [2.05, 4.69) is 15.5 Å². The van der Waals surface area contributed by atoms with Crippen molar-refractivity contribution in [2.24, 2.45) is 0 Å². The standard InChI is InChI=1S/C31H37F3N4O4/c1-41-17-27-28(30(39)42-2)29(20-9-12-25(33)26(34)15-20)38(18-35-27)31(40)36-21-13-14-37(16-21)22-10-7-19(8-11-22)23-5-3-4-6-24(23)32/h3-6,9,12,15,19,21-22,29,35H,7-8,10-11,13-14,16-18H2,1-2H3,(H,36,40)/t19-,21-,22-,29+/m1/s1. The van der Waals surface area contributed by atoms with Crippen LogP contribution in [0, 0.1) is 17.5 Å². The number of benzene rings is 2. The number of carbonyl (C=O) groups is 2. The van der Waals surface area contributed by atoms with Gasteiger partial charge in [-0.15, -0.1) is 0 Å². The first-order valence-electron chi connectivity index (χ1n) is 14.3. The van der Waals surface area contributed by atoms with Crippen LogP contribution >= 0.6 is 0 Å². The molecule has 42 heavy (non-hydrogen) atoms. The third-order valence-corrected chi connectivity index (χ3v) is 8.69. The zero-order chi connectivity index (χ0) is 29.8. The van der Waals surface area contributed by atoms with E-state index in [1.807, 2.05) is 12.1 Å². The Labute approximate surface area is 243 Å². The van der Waals surface area contributed by atoms with Gasteiger partial charge in [0.25, 0.3) is 0 Å². The van der Waals surface area contributed by atoms with Crippen molar-refractivity contribution in [1.29, 1.82) is 0 Å². The lowest BCUT2D eigenvalue weighted by atomic mass is 9.81. The number of rotatable bonds is 7. The molecule has 0 spiro atoms. The maximum Gasteiger partial charge on any atom is 0.338 e. The topological polar surface area (TPSA) is 83.1 Å². The maximum absolute atomic E-state index is 14.3. The van der Waals surface area contributed by atoms with Crippen molar-refractivity contribution in [3.05, 3.63) is 82.3 Å². The predicted octanol–water partition coefficient (Wildman–Crippen LogP) is 4.59. The summed E-state index contributed by atoms with van der Waals surface area (Å²) in [5.41, 5.74) is 1.52. The van der Waals surface area contributed by atoms with Gasteiger partial charge < -0.3 is 20.1 Å². The highest BCUT2D eigenvalue weighted by Gasteiger charge is 2.40. The second-order valence-electron chi connectivity index (χ2n) is 11.2. The van der Waals surface area contributed by atoms with Crippen molar-refractivity contribution in [3.8, 4) is 0 Å². The molecular formula is C31H37F3N4O4. The Kier molecular flexibility index (Phi) is 9.37. The SMILES string of the molecule is COCC1=C(C(=O)OC)[C@H](c2ccc(F)c(F)c2)N(C(=O)N[C@@H]2CCN([C@H]3CC[C@H](c4ccccc4F)CC3)C2)CN1. The Balaban J connectivity index is 1.27. The van der Waals surface area contributed by atoms with Crippen molar-refractivity contribution in [2.75, 3.05) is 40.6 Å². The summed E-state index contributed by atoms with van der Waals surface area (Å²) >= 11 is 0. The third kappa shape index (κ3) is 6.27. The number of ether oxygens (including phenoxy) is 2. The molecule has 1 saturated heterocycles. The molecule has 2 heterocycles. The number of amides is 2. The van der Waals surface area contributed by atoms with Crippen molar-refractivity contribution in [2.45, 2.75) is 56.1 Å². The van der Waals surface area contributed by atoms with E-state index in [0.717, 1.165) is 56.3 Å². The van der Waals surface area contributed by atoms with Crippen LogP contribution < -0.4 is 10.6 Å². The summed E-state index contributed by atoms with van der Waals surface area (Å²) in [6, 6.07) is 9.11. The number of esters is 1. The normalized spacial score (nSPS) is 24.8. The molecule has 2 aromatic rings. The first-order chi connectivity index (χ1) is 20.3. The van der Waals surface area contributed by atoms with Crippen molar-refractivity contribution < 1.29 is 32.2 Å². The van der Waals surface area contributed by atoms with E-state index in [1.165, 1.54) is 31.3 Å². The molecule has 0 radical (unpaired) electrons. The number of hydrogen-bond donors (Lipinski definition) is 2. The number of methoxy groups -OCH3 is 2. The minimum absolute atomic E-state index is 0.0190. The van der Waals surface area contributed by atoms with Gasteiger partial charge in [-0.3, -0.25) is 9.80 Å². The number of likely N-dealkylation sites (tertiary alicyclic amines) is 1. The molecule has 5 rings (SSSR count). The van der Waals surface area contributed by atoms with E-state index in [0.29, 0.717) is 18.3 Å². The highest BCUT2D eigenvalue weighted by Crippen LogP contribution is 2.37. The molecule has 2 aromatic carbocycles.